The molecular formula is C13H11ClN2O5. The molecule has 0 atom stereocenters. The molecule has 0 saturated carbocycles. The summed E-state index contributed by atoms with van der Waals surface area (Å²) in [5, 5.41) is 8.79. The van der Waals surface area contributed by atoms with E-state index in [1.54, 1.807) is 24.3 Å². The number of para-hydroxylation sites is 2. The van der Waals surface area contributed by atoms with Crippen molar-refractivity contribution in [2.45, 2.75) is 0 Å². The smallest absolute Gasteiger partial charge is 0.360 e. The lowest BCUT2D eigenvalue weighted by Crippen LogP contribution is -2.07. The standard InChI is InChI=1S/C13H11ClN2O5/c1-19-7-5-3-4-6-8(7)21-12-10(14)15-9(13(17)18)11(16-12)20-2/h3-6H,1-2H3,(H,17,18). The number of rotatable bonds is 5. The van der Waals surface area contributed by atoms with E-state index < -0.39 is 11.7 Å². The van der Waals surface area contributed by atoms with E-state index in [4.69, 9.17) is 30.9 Å². The van der Waals surface area contributed by atoms with Crippen LogP contribution in [-0.4, -0.2) is 35.3 Å². The number of aromatic carboxylic acids is 1. The molecule has 0 radical (unpaired) electrons. The number of benzene rings is 1. The van der Waals surface area contributed by atoms with Gasteiger partial charge in [0.05, 0.1) is 14.2 Å². The number of ether oxygens (including phenoxy) is 3. The van der Waals surface area contributed by atoms with Crippen molar-refractivity contribution in [3.05, 3.63) is 35.1 Å². The Kier molecular flexibility index (Phi) is 4.44. The van der Waals surface area contributed by atoms with Crippen LogP contribution in [0.5, 0.6) is 23.3 Å². The molecule has 0 aliphatic heterocycles. The SMILES string of the molecule is COc1ccccc1Oc1nc(OC)c(C(=O)O)nc1Cl. The predicted octanol–water partition coefficient (Wildman–Crippen LogP) is 2.64. The Morgan fingerprint density at radius 2 is 1.76 bits per heavy atom. The first-order valence-electron chi connectivity index (χ1n) is 5.72. The highest BCUT2D eigenvalue weighted by Crippen LogP contribution is 2.34. The van der Waals surface area contributed by atoms with Crippen molar-refractivity contribution in [3.8, 4) is 23.3 Å². The molecule has 7 nitrogen and oxygen atoms in total. The minimum absolute atomic E-state index is 0.0805. The Morgan fingerprint density at radius 1 is 1.10 bits per heavy atom. The van der Waals surface area contributed by atoms with E-state index >= 15 is 0 Å². The van der Waals surface area contributed by atoms with Gasteiger partial charge in [0.2, 0.25) is 5.69 Å². The number of halogens is 1. The molecule has 0 spiro atoms. The predicted molar refractivity (Wildman–Crippen MR) is 73.6 cm³/mol. The van der Waals surface area contributed by atoms with Crippen LogP contribution in [0, 0.1) is 0 Å². The molecule has 1 N–H and O–H groups in total. The van der Waals surface area contributed by atoms with Crippen LogP contribution in [0.1, 0.15) is 10.5 Å². The molecule has 110 valence electrons. The van der Waals surface area contributed by atoms with E-state index in [2.05, 4.69) is 9.97 Å². The van der Waals surface area contributed by atoms with Crippen molar-refractivity contribution >= 4 is 17.6 Å². The third kappa shape index (κ3) is 3.14. The number of carboxylic acid groups (broad SMARTS) is 1. The van der Waals surface area contributed by atoms with E-state index in [1.807, 2.05) is 0 Å². The van der Waals surface area contributed by atoms with Crippen LogP contribution in [0.2, 0.25) is 5.15 Å². The van der Waals surface area contributed by atoms with Crippen molar-refractivity contribution in [2.75, 3.05) is 14.2 Å². The Balaban J connectivity index is 2.43. The molecule has 0 saturated heterocycles. The van der Waals surface area contributed by atoms with Gasteiger partial charge < -0.3 is 19.3 Å². The lowest BCUT2D eigenvalue weighted by Gasteiger charge is -2.11. The molecule has 0 aliphatic rings. The minimum atomic E-state index is -1.30. The molecule has 1 aromatic heterocycles. The summed E-state index contributed by atoms with van der Waals surface area (Å²) in [6, 6.07) is 6.85. The Hall–Kier alpha value is -2.54. The van der Waals surface area contributed by atoms with Crippen LogP contribution in [0.15, 0.2) is 24.3 Å². The summed E-state index contributed by atoms with van der Waals surface area (Å²) in [4.78, 5) is 18.6. The van der Waals surface area contributed by atoms with Crippen molar-refractivity contribution in [3.63, 3.8) is 0 Å². The zero-order valence-corrected chi connectivity index (χ0v) is 11.9. The molecule has 1 aromatic carbocycles. The highest BCUT2D eigenvalue weighted by atomic mass is 35.5. The number of carbonyl (C=O) groups is 1. The molecule has 0 aliphatic carbocycles. The maximum atomic E-state index is 11.0. The number of nitrogens with zero attached hydrogens (tertiary/aromatic N) is 2. The van der Waals surface area contributed by atoms with E-state index in [0.717, 1.165) is 0 Å². The number of methoxy groups -OCH3 is 2. The first-order valence-corrected chi connectivity index (χ1v) is 6.10. The van der Waals surface area contributed by atoms with Gasteiger partial charge in [-0.15, -0.1) is 0 Å². The van der Waals surface area contributed by atoms with E-state index in [9.17, 15) is 4.79 Å². The van der Waals surface area contributed by atoms with Gasteiger partial charge in [0, 0.05) is 0 Å². The summed E-state index contributed by atoms with van der Waals surface area (Å²) in [6.45, 7) is 0. The molecule has 1 heterocycles. The summed E-state index contributed by atoms with van der Waals surface area (Å²) < 4.78 is 15.5. The van der Waals surface area contributed by atoms with E-state index in [1.165, 1.54) is 14.2 Å². The first kappa shape index (κ1) is 14.9. The van der Waals surface area contributed by atoms with Gasteiger partial charge in [-0.1, -0.05) is 23.7 Å². The average Bonchev–Trinajstić information content (AvgIpc) is 2.49. The second kappa shape index (κ2) is 6.27. The van der Waals surface area contributed by atoms with Crippen LogP contribution in [0.25, 0.3) is 0 Å². The Labute approximate surface area is 125 Å². The fourth-order valence-electron chi connectivity index (χ4n) is 1.54. The number of hydrogen-bond donors (Lipinski definition) is 1. The highest BCUT2D eigenvalue weighted by molar-refractivity contribution is 6.30. The molecule has 8 heteroatoms. The molecular weight excluding hydrogens is 300 g/mol. The van der Waals surface area contributed by atoms with Crippen LogP contribution in [-0.2, 0) is 0 Å². The first-order chi connectivity index (χ1) is 10.1. The van der Waals surface area contributed by atoms with Crippen LogP contribution < -0.4 is 14.2 Å². The number of aromatic nitrogens is 2. The van der Waals surface area contributed by atoms with Gasteiger partial charge >= 0.3 is 5.97 Å². The van der Waals surface area contributed by atoms with Crippen molar-refractivity contribution in [1.29, 1.82) is 0 Å². The largest absolute Gasteiger partial charge is 0.493 e. The molecule has 0 fully saturated rings. The monoisotopic (exact) mass is 310 g/mol. The fourth-order valence-corrected chi connectivity index (χ4v) is 1.70. The summed E-state index contributed by atoms with van der Waals surface area (Å²) in [6.07, 6.45) is 0. The summed E-state index contributed by atoms with van der Waals surface area (Å²) >= 11 is 5.89. The fraction of sp³-hybridized carbons (Fsp3) is 0.154. The van der Waals surface area contributed by atoms with Gasteiger partial charge in [-0.3, -0.25) is 0 Å². The van der Waals surface area contributed by atoms with Crippen LogP contribution in [0.4, 0.5) is 0 Å². The quantitative estimate of drug-likeness (QED) is 0.907. The van der Waals surface area contributed by atoms with Gasteiger partial charge in [-0.05, 0) is 12.1 Å². The third-order valence-corrected chi connectivity index (χ3v) is 2.71. The molecule has 0 bridgehead atoms. The Morgan fingerprint density at radius 3 is 2.33 bits per heavy atom. The zero-order valence-electron chi connectivity index (χ0n) is 11.2. The summed E-state index contributed by atoms with van der Waals surface area (Å²) in [5.74, 6) is -0.747. The molecule has 0 amide bonds. The average molecular weight is 311 g/mol. The van der Waals surface area contributed by atoms with Crippen molar-refractivity contribution in [2.24, 2.45) is 0 Å². The normalized spacial score (nSPS) is 10.0. The van der Waals surface area contributed by atoms with Gasteiger partial charge in [-0.2, -0.15) is 4.98 Å². The van der Waals surface area contributed by atoms with Gasteiger partial charge in [0.15, 0.2) is 16.7 Å². The summed E-state index contributed by atoms with van der Waals surface area (Å²) in [5.41, 5.74) is -0.394. The van der Waals surface area contributed by atoms with Crippen molar-refractivity contribution in [1.82, 2.24) is 9.97 Å². The molecule has 2 rings (SSSR count). The van der Waals surface area contributed by atoms with Crippen molar-refractivity contribution < 1.29 is 24.1 Å². The lowest BCUT2D eigenvalue weighted by molar-refractivity contribution is 0.0685. The maximum absolute atomic E-state index is 11.0. The molecule has 21 heavy (non-hydrogen) atoms. The zero-order chi connectivity index (χ0) is 15.4. The number of hydrogen-bond acceptors (Lipinski definition) is 6. The second-order valence-corrected chi connectivity index (χ2v) is 4.09. The van der Waals surface area contributed by atoms with E-state index in [0.29, 0.717) is 11.5 Å². The van der Waals surface area contributed by atoms with E-state index in [-0.39, 0.29) is 16.9 Å². The summed E-state index contributed by atoms with van der Waals surface area (Å²) in [7, 11) is 2.76. The van der Waals surface area contributed by atoms with Gasteiger partial charge in [0.1, 0.15) is 0 Å². The van der Waals surface area contributed by atoms with Crippen LogP contribution >= 0.6 is 11.6 Å². The lowest BCUT2D eigenvalue weighted by atomic mass is 10.3. The third-order valence-electron chi connectivity index (χ3n) is 2.46. The highest BCUT2D eigenvalue weighted by Gasteiger charge is 2.20. The number of carboxylic acids is 1. The Bertz CT molecular complexity index is 678. The minimum Gasteiger partial charge on any atom is -0.493 e. The van der Waals surface area contributed by atoms with Gasteiger partial charge in [-0.25, -0.2) is 9.78 Å². The molecule has 2 aromatic rings. The molecule has 0 unspecified atom stereocenters. The topological polar surface area (TPSA) is 90.8 Å². The second-order valence-electron chi connectivity index (χ2n) is 3.74. The van der Waals surface area contributed by atoms with Gasteiger partial charge in [0.25, 0.3) is 11.8 Å². The van der Waals surface area contributed by atoms with Crippen LogP contribution in [0.3, 0.4) is 0 Å². The maximum Gasteiger partial charge on any atom is 0.360 e.